The zero-order chi connectivity index (χ0) is 15.9. The van der Waals surface area contributed by atoms with Gasteiger partial charge in [-0.25, -0.2) is 0 Å². The van der Waals surface area contributed by atoms with Gasteiger partial charge in [-0.05, 0) is 66.8 Å². The van der Waals surface area contributed by atoms with E-state index in [2.05, 4.69) is 61.6 Å². The van der Waals surface area contributed by atoms with E-state index in [1.165, 1.54) is 22.3 Å². The van der Waals surface area contributed by atoms with Crippen molar-refractivity contribution in [1.29, 1.82) is 0 Å². The van der Waals surface area contributed by atoms with E-state index in [-0.39, 0.29) is 0 Å². The van der Waals surface area contributed by atoms with Crippen molar-refractivity contribution in [2.75, 3.05) is 13.7 Å². The van der Waals surface area contributed by atoms with Crippen molar-refractivity contribution < 1.29 is 4.74 Å². The largest absolute Gasteiger partial charge is 0.494 e. The van der Waals surface area contributed by atoms with Crippen LogP contribution in [0.15, 0.2) is 42.5 Å². The Balaban J connectivity index is 2.29. The second kappa shape index (κ2) is 8.00. The fourth-order valence-corrected chi connectivity index (χ4v) is 2.69. The molecular weight excluding hydrogens is 270 g/mol. The van der Waals surface area contributed by atoms with Crippen molar-refractivity contribution in [1.82, 2.24) is 5.32 Å². The Morgan fingerprint density at radius 3 is 2.27 bits per heavy atom. The first-order chi connectivity index (χ1) is 10.6. The summed E-state index contributed by atoms with van der Waals surface area (Å²) in [4.78, 5) is 0. The van der Waals surface area contributed by atoms with Gasteiger partial charge in [0.2, 0.25) is 0 Å². The molecule has 0 fully saturated rings. The molecule has 0 aromatic heterocycles. The number of hydrogen-bond acceptors (Lipinski definition) is 2. The second-order valence-electron chi connectivity index (χ2n) is 6.12. The van der Waals surface area contributed by atoms with Crippen molar-refractivity contribution >= 4 is 0 Å². The molecule has 1 N–H and O–H groups in total. The lowest BCUT2D eigenvalue weighted by Gasteiger charge is -2.11. The summed E-state index contributed by atoms with van der Waals surface area (Å²) in [5, 5.41) is 3.21. The summed E-state index contributed by atoms with van der Waals surface area (Å²) in [6, 6.07) is 15.4. The number of benzene rings is 2. The summed E-state index contributed by atoms with van der Waals surface area (Å²) < 4.78 is 5.70. The Hall–Kier alpha value is -1.80. The zero-order valence-electron chi connectivity index (χ0n) is 14.1. The lowest BCUT2D eigenvalue weighted by atomic mass is 9.98. The maximum Gasteiger partial charge on any atom is 0.120 e. The smallest absolute Gasteiger partial charge is 0.120 e. The van der Waals surface area contributed by atoms with E-state index in [9.17, 15) is 0 Å². The lowest BCUT2D eigenvalue weighted by molar-refractivity contribution is 0.340. The summed E-state index contributed by atoms with van der Waals surface area (Å²) in [6.45, 7) is 8.06. The molecule has 0 atom stereocenters. The zero-order valence-corrected chi connectivity index (χ0v) is 14.1. The van der Waals surface area contributed by atoms with Crippen LogP contribution in [0.5, 0.6) is 5.75 Å². The summed E-state index contributed by atoms with van der Waals surface area (Å²) in [7, 11) is 1.97. The van der Waals surface area contributed by atoms with Crippen molar-refractivity contribution in [3.8, 4) is 16.9 Å². The van der Waals surface area contributed by atoms with Crippen molar-refractivity contribution in [3.05, 3.63) is 53.6 Å². The number of nitrogens with one attached hydrogen (secondary N) is 1. The Morgan fingerprint density at radius 2 is 1.68 bits per heavy atom. The van der Waals surface area contributed by atoms with Crippen LogP contribution in [0.4, 0.5) is 0 Å². The molecule has 0 radical (unpaired) electrons. The molecule has 22 heavy (non-hydrogen) atoms. The van der Waals surface area contributed by atoms with Gasteiger partial charge in [0.15, 0.2) is 0 Å². The van der Waals surface area contributed by atoms with E-state index in [4.69, 9.17) is 4.74 Å². The quantitative estimate of drug-likeness (QED) is 0.802. The van der Waals surface area contributed by atoms with Crippen LogP contribution in [-0.2, 0) is 13.0 Å². The highest BCUT2D eigenvalue weighted by Gasteiger charge is 2.05. The van der Waals surface area contributed by atoms with Crippen molar-refractivity contribution in [3.63, 3.8) is 0 Å². The molecule has 0 aliphatic heterocycles. The van der Waals surface area contributed by atoms with Gasteiger partial charge in [-0.3, -0.25) is 0 Å². The van der Waals surface area contributed by atoms with Crippen LogP contribution in [0.3, 0.4) is 0 Å². The SMILES string of the molecule is CCOc1cc(CNC)cc(-c2ccc(CC(C)C)cc2)c1. The van der Waals surface area contributed by atoms with Gasteiger partial charge in [0.25, 0.3) is 0 Å². The van der Waals surface area contributed by atoms with E-state index in [0.717, 1.165) is 18.7 Å². The molecule has 2 rings (SSSR count). The van der Waals surface area contributed by atoms with Crippen LogP contribution in [0.25, 0.3) is 11.1 Å². The number of hydrogen-bond donors (Lipinski definition) is 1. The maximum absolute atomic E-state index is 5.70. The van der Waals surface area contributed by atoms with E-state index >= 15 is 0 Å². The molecule has 0 aliphatic carbocycles. The molecule has 0 unspecified atom stereocenters. The molecule has 0 saturated heterocycles. The van der Waals surface area contributed by atoms with E-state index < -0.39 is 0 Å². The second-order valence-corrected chi connectivity index (χ2v) is 6.12. The lowest BCUT2D eigenvalue weighted by Crippen LogP contribution is -2.05. The molecule has 2 nitrogen and oxygen atoms in total. The van der Waals surface area contributed by atoms with Gasteiger partial charge < -0.3 is 10.1 Å². The van der Waals surface area contributed by atoms with Crippen molar-refractivity contribution in [2.45, 2.75) is 33.7 Å². The fraction of sp³-hybridized carbons (Fsp3) is 0.400. The maximum atomic E-state index is 5.70. The Morgan fingerprint density at radius 1 is 0.955 bits per heavy atom. The highest BCUT2D eigenvalue weighted by molar-refractivity contribution is 5.66. The average Bonchev–Trinajstić information content (AvgIpc) is 2.48. The predicted octanol–water partition coefficient (Wildman–Crippen LogP) is 4.67. The van der Waals surface area contributed by atoms with E-state index in [1.54, 1.807) is 0 Å². The summed E-state index contributed by atoms with van der Waals surface area (Å²) in [5.41, 5.74) is 5.10. The first-order valence-corrected chi connectivity index (χ1v) is 8.13. The molecule has 0 amide bonds. The van der Waals surface area contributed by atoms with Gasteiger partial charge in [-0.2, -0.15) is 0 Å². The Labute approximate surface area is 134 Å². The minimum absolute atomic E-state index is 0.689. The molecule has 0 aliphatic rings. The minimum Gasteiger partial charge on any atom is -0.494 e. The summed E-state index contributed by atoms with van der Waals surface area (Å²) >= 11 is 0. The number of rotatable bonds is 7. The van der Waals surface area contributed by atoms with Gasteiger partial charge in [0.05, 0.1) is 6.61 Å². The normalized spacial score (nSPS) is 11.0. The molecule has 2 heteroatoms. The summed E-state index contributed by atoms with van der Waals surface area (Å²) in [6.07, 6.45) is 1.13. The molecule has 0 heterocycles. The Bertz CT molecular complexity index is 563. The minimum atomic E-state index is 0.689. The summed E-state index contributed by atoms with van der Waals surface area (Å²) in [5.74, 6) is 1.63. The molecule has 2 aromatic rings. The predicted molar refractivity (Wildman–Crippen MR) is 94.4 cm³/mol. The van der Waals surface area contributed by atoms with Gasteiger partial charge in [0, 0.05) is 6.54 Å². The van der Waals surface area contributed by atoms with Crippen LogP contribution < -0.4 is 10.1 Å². The van der Waals surface area contributed by atoms with Crippen LogP contribution in [0.2, 0.25) is 0 Å². The van der Waals surface area contributed by atoms with Crippen molar-refractivity contribution in [2.24, 2.45) is 5.92 Å². The highest BCUT2D eigenvalue weighted by Crippen LogP contribution is 2.27. The topological polar surface area (TPSA) is 21.3 Å². The average molecular weight is 297 g/mol. The third-order valence-electron chi connectivity index (χ3n) is 3.59. The first-order valence-electron chi connectivity index (χ1n) is 8.13. The van der Waals surface area contributed by atoms with Gasteiger partial charge in [0.1, 0.15) is 5.75 Å². The van der Waals surface area contributed by atoms with E-state index in [0.29, 0.717) is 12.5 Å². The van der Waals surface area contributed by atoms with Gasteiger partial charge >= 0.3 is 0 Å². The van der Waals surface area contributed by atoms with Gasteiger partial charge in [-0.15, -0.1) is 0 Å². The third kappa shape index (κ3) is 4.60. The number of ether oxygens (including phenoxy) is 1. The van der Waals surface area contributed by atoms with Crippen LogP contribution in [0, 0.1) is 5.92 Å². The molecule has 118 valence electrons. The monoisotopic (exact) mass is 297 g/mol. The van der Waals surface area contributed by atoms with Gasteiger partial charge in [-0.1, -0.05) is 38.1 Å². The van der Waals surface area contributed by atoms with Crippen LogP contribution in [0.1, 0.15) is 31.9 Å². The standard InChI is InChI=1S/C20H27NO/c1-5-22-20-12-17(14-21-4)11-19(13-20)18-8-6-16(7-9-18)10-15(2)3/h6-9,11-13,15,21H,5,10,14H2,1-4H3. The van der Waals surface area contributed by atoms with Crippen LogP contribution in [-0.4, -0.2) is 13.7 Å². The molecule has 0 spiro atoms. The van der Waals surface area contributed by atoms with E-state index in [1.807, 2.05) is 14.0 Å². The fourth-order valence-electron chi connectivity index (χ4n) is 2.69. The molecular formula is C20H27NO. The molecule has 0 bridgehead atoms. The molecule has 0 saturated carbocycles. The highest BCUT2D eigenvalue weighted by atomic mass is 16.5. The van der Waals surface area contributed by atoms with Crippen LogP contribution >= 0.6 is 0 Å². The first kappa shape index (κ1) is 16.6. The third-order valence-corrected chi connectivity index (χ3v) is 3.59. The Kier molecular flexibility index (Phi) is 6.02. The molecule has 2 aromatic carbocycles.